The van der Waals surface area contributed by atoms with E-state index >= 15 is 0 Å². The van der Waals surface area contributed by atoms with E-state index in [9.17, 15) is 8.42 Å². The number of nitrogens with two attached hydrogens (primary N) is 1. The van der Waals surface area contributed by atoms with Gasteiger partial charge in [-0.05, 0) is 67.0 Å². The molecule has 1 aliphatic rings. The van der Waals surface area contributed by atoms with Crippen molar-refractivity contribution >= 4 is 27.1 Å². The predicted molar refractivity (Wildman–Crippen MR) is 128 cm³/mol. The summed E-state index contributed by atoms with van der Waals surface area (Å²) in [4.78, 5) is 0.210. The van der Waals surface area contributed by atoms with Crippen LogP contribution in [0.3, 0.4) is 0 Å². The van der Waals surface area contributed by atoms with Gasteiger partial charge in [-0.2, -0.15) is 0 Å². The maximum atomic E-state index is 13.5. The summed E-state index contributed by atoms with van der Waals surface area (Å²) in [5, 5.41) is 3.38. The Balaban J connectivity index is 1.82. The van der Waals surface area contributed by atoms with Crippen molar-refractivity contribution < 1.29 is 13.2 Å². The highest BCUT2D eigenvalue weighted by Crippen LogP contribution is 2.29. The first kappa shape index (κ1) is 23.4. The Bertz CT molecular complexity index is 953. The number of sulfonamides is 1. The van der Waals surface area contributed by atoms with Gasteiger partial charge in [0.05, 0.1) is 22.0 Å². The van der Waals surface area contributed by atoms with Crippen LogP contribution in [0.5, 0.6) is 0 Å². The molecule has 0 spiro atoms. The average molecular weight is 446 g/mol. The van der Waals surface area contributed by atoms with Crippen molar-refractivity contribution in [2.45, 2.75) is 44.9 Å². The van der Waals surface area contributed by atoms with Crippen LogP contribution in [0.15, 0.2) is 47.4 Å². The van der Waals surface area contributed by atoms with Gasteiger partial charge in [-0.25, -0.2) is 8.42 Å². The van der Waals surface area contributed by atoms with E-state index < -0.39 is 10.0 Å². The Kier molecular flexibility index (Phi) is 7.84. The van der Waals surface area contributed by atoms with E-state index in [0.717, 1.165) is 44.7 Å². The molecule has 3 N–H and O–H groups in total. The normalized spacial score (nSPS) is 15.2. The zero-order chi connectivity index (χ0) is 22.4. The van der Waals surface area contributed by atoms with Crippen molar-refractivity contribution in [3.63, 3.8) is 0 Å². The fourth-order valence-electron chi connectivity index (χ4n) is 3.77. The number of hydrogen-bond acceptors (Lipinski definition) is 5. The van der Waals surface area contributed by atoms with Gasteiger partial charge in [0.25, 0.3) is 10.0 Å². The molecule has 1 fully saturated rings. The van der Waals surface area contributed by atoms with Crippen LogP contribution < -0.4 is 15.4 Å². The number of anilines is 3. The lowest BCUT2D eigenvalue weighted by Crippen LogP contribution is -2.34. The third-order valence-electron chi connectivity index (χ3n) is 5.70. The molecule has 3 rings (SSSR count). The lowest BCUT2D eigenvalue weighted by atomic mass is 10.0. The van der Waals surface area contributed by atoms with Crippen LogP contribution in [-0.4, -0.2) is 34.7 Å². The fourth-order valence-corrected chi connectivity index (χ4v) is 5.43. The number of ether oxygens (including phenoxy) is 1. The molecule has 0 radical (unpaired) electrons. The molecule has 170 valence electrons. The van der Waals surface area contributed by atoms with Crippen LogP contribution in [-0.2, 0) is 21.2 Å². The van der Waals surface area contributed by atoms with Gasteiger partial charge in [0.15, 0.2) is 0 Å². The lowest BCUT2D eigenvalue weighted by molar-refractivity contribution is 0.0699. The van der Waals surface area contributed by atoms with E-state index in [4.69, 9.17) is 10.5 Å². The maximum Gasteiger partial charge on any atom is 0.264 e. The molecule has 31 heavy (non-hydrogen) atoms. The summed E-state index contributed by atoms with van der Waals surface area (Å²) in [5.41, 5.74) is 9.30. The largest absolute Gasteiger partial charge is 0.397 e. The van der Waals surface area contributed by atoms with Crippen molar-refractivity contribution in [3.05, 3.63) is 48.0 Å². The van der Waals surface area contributed by atoms with Gasteiger partial charge in [0.2, 0.25) is 0 Å². The Morgan fingerprint density at radius 1 is 1.13 bits per heavy atom. The molecule has 0 aliphatic carbocycles. The number of nitrogen functional groups attached to an aromatic ring is 1. The summed E-state index contributed by atoms with van der Waals surface area (Å²) in [7, 11) is -3.73. The molecular weight excluding hydrogens is 410 g/mol. The maximum absolute atomic E-state index is 13.5. The predicted octanol–water partition coefficient (Wildman–Crippen LogP) is 4.52. The topological polar surface area (TPSA) is 84.7 Å². The second-order valence-electron chi connectivity index (χ2n) is 8.64. The zero-order valence-corrected chi connectivity index (χ0v) is 19.6. The summed E-state index contributed by atoms with van der Waals surface area (Å²) in [6, 6.07) is 12.7. The first-order chi connectivity index (χ1) is 14.8. The molecule has 0 bridgehead atoms. The Morgan fingerprint density at radius 3 is 2.39 bits per heavy atom. The summed E-state index contributed by atoms with van der Waals surface area (Å²) in [5.74, 6) is 0.725. The third kappa shape index (κ3) is 5.92. The van der Waals surface area contributed by atoms with Gasteiger partial charge in [0.1, 0.15) is 0 Å². The molecule has 1 aliphatic heterocycles. The van der Waals surface area contributed by atoms with Crippen molar-refractivity contribution in [2.24, 2.45) is 11.8 Å². The minimum absolute atomic E-state index is 0.179. The molecule has 0 atom stereocenters. The summed E-state index contributed by atoms with van der Waals surface area (Å²) in [6.45, 7) is 8.91. The summed E-state index contributed by atoms with van der Waals surface area (Å²) in [6.07, 6.45) is 2.97. The molecule has 2 aromatic carbocycles. The average Bonchev–Trinajstić information content (AvgIpc) is 2.77. The SMILES string of the molecule is CCc1ccc(N(CC(C)C)S(=O)(=O)c2ccc(NCC3CCOCC3)c(N)c2)cc1. The smallest absolute Gasteiger partial charge is 0.264 e. The van der Waals surface area contributed by atoms with Gasteiger partial charge in [-0.15, -0.1) is 0 Å². The number of benzene rings is 2. The van der Waals surface area contributed by atoms with Crippen LogP contribution in [0.25, 0.3) is 0 Å². The van der Waals surface area contributed by atoms with E-state index in [1.165, 1.54) is 9.87 Å². The van der Waals surface area contributed by atoms with Gasteiger partial charge in [0, 0.05) is 26.3 Å². The molecule has 0 saturated carbocycles. The first-order valence-electron chi connectivity index (χ1n) is 11.1. The van der Waals surface area contributed by atoms with Gasteiger partial charge < -0.3 is 15.8 Å². The second-order valence-corrected chi connectivity index (χ2v) is 10.5. The van der Waals surface area contributed by atoms with Crippen molar-refractivity contribution in [2.75, 3.05) is 41.7 Å². The number of nitrogens with one attached hydrogen (secondary N) is 1. The minimum atomic E-state index is -3.73. The number of nitrogens with zero attached hydrogens (tertiary/aromatic N) is 1. The number of aryl methyl sites for hydroxylation is 1. The molecule has 6 nitrogen and oxygen atoms in total. The molecule has 0 aromatic heterocycles. The highest BCUT2D eigenvalue weighted by Gasteiger charge is 2.26. The van der Waals surface area contributed by atoms with Crippen molar-refractivity contribution in [1.82, 2.24) is 0 Å². The molecule has 0 unspecified atom stereocenters. The second kappa shape index (κ2) is 10.4. The summed E-state index contributed by atoms with van der Waals surface area (Å²) >= 11 is 0. The molecule has 0 amide bonds. The first-order valence-corrected chi connectivity index (χ1v) is 12.6. The standard InChI is InChI=1S/C24H35N3O3S/c1-4-19-5-7-21(8-6-19)27(17-18(2)3)31(28,29)22-9-10-24(23(25)15-22)26-16-20-11-13-30-14-12-20/h5-10,15,18,20,26H,4,11-14,16-17,25H2,1-3H3. The Labute approximate surface area is 186 Å². The van der Waals surface area contributed by atoms with E-state index in [-0.39, 0.29) is 10.8 Å². The number of rotatable bonds is 9. The minimum Gasteiger partial charge on any atom is -0.397 e. The highest BCUT2D eigenvalue weighted by atomic mass is 32.2. The van der Waals surface area contributed by atoms with Crippen molar-refractivity contribution in [1.29, 1.82) is 0 Å². The number of hydrogen-bond donors (Lipinski definition) is 2. The molecule has 2 aromatic rings. The fraction of sp³-hybridized carbons (Fsp3) is 0.500. The molecular formula is C24H35N3O3S. The zero-order valence-electron chi connectivity index (χ0n) is 18.8. The quantitative estimate of drug-likeness (QED) is 0.554. The van der Waals surface area contributed by atoms with E-state index in [1.54, 1.807) is 18.2 Å². The summed E-state index contributed by atoms with van der Waals surface area (Å²) < 4.78 is 33.9. The van der Waals surface area contributed by atoms with E-state index in [1.807, 2.05) is 38.1 Å². The van der Waals surface area contributed by atoms with E-state index in [2.05, 4.69) is 12.2 Å². The molecule has 1 heterocycles. The highest BCUT2D eigenvalue weighted by molar-refractivity contribution is 7.92. The van der Waals surface area contributed by atoms with Gasteiger partial charge >= 0.3 is 0 Å². The van der Waals surface area contributed by atoms with Crippen LogP contribution in [0.1, 0.15) is 39.2 Å². The Hall–Kier alpha value is -2.25. The monoisotopic (exact) mass is 445 g/mol. The van der Waals surface area contributed by atoms with Crippen LogP contribution in [0.4, 0.5) is 17.1 Å². The lowest BCUT2D eigenvalue weighted by Gasteiger charge is -2.27. The molecule has 1 saturated heterocycles. The van der Waals surface area contributed by atoms with E-state index in [0.29, 0.717) is 23.8 Å². The third-order valence-corrected chi connectivity index (χ3v) is 7.49. The van der Waals surface area contributed by atoms with Crippen molar-refractivity contribution in [3.8, 4) is 0 Å². The van der Waals surface area contributed by atoms with Crippen LogP contribution >= 0.6 is 0 Å². The Morgan fingerprint density at radius 2 is 1.81 bits per heavy atom. The molecule has 7 heteroatoms. The van der Waals surface area contributed by atoms with Gasteiger partial charge in [-0.1, -0.05) is 32.9 Å². The van der Waals surface area contributed by atoms with Gasteiger partial charge in [-0.3, -0.25) is 4.31 Å². The van der Waals surface area contributed by atoms with Crippen LogP contribution in [0, 0.1) is 11.8 Å². The van der Waals surface area contributed by atoms with Crippen LogP contribution in [0.2, 0.25) is 0 Å².